The first kappa shape index (κ1) is 23.6. The van der Waals surface area contributed by atoms with Gasteiger partial charge in [-0.15, -0.1) is 0 Å². The number of aromatic nitrogens is 1. The number of amides is 2. The van der Waals surface area contributed by atoms with Crippen molar-refractivity contribution in [2.75, 3.05) is 19.6 Å². The normalized spacial score (nSPS) is 16.9. The number of carbonyl (C=O) groups is 2. The van der Waals surface area contributed by atoms with E-state index in [1.54, 1.807) is 29.7 Å². The number of fused-ring (bicyclic) bond motifs is 1. The Morgan fingerprint density at radius 2 is 2.00 bits per heavy atom. The Kier molecular flexibility index (Phi) is 7.36. The lowest BCUT2D eigenvalue weighted by Crippen LogP contribution is -2.52. The third-order valence-corrected chi connectivity index (χ3v) is 6.01. The van der Waals surface area contributed by atoms with Gasteiger partial charge in [-0.1, -0.05) is 18.2 Å². The van der Waals surface area contributed by atoms with Crippen LogP contribution in [0.2, 0.25) is 0 Å². The van der Waals surface area contributed by atoms with Crippen LogP contribution in [-0.4, -0.2) is 58.6 Å². The van der Waals surface area contributed by atoms with E-state index in [4.69, 9.17) is 15.7 Å². The highest BCUT2D eigenvalue weighted by atomic mass is 16.5. The fourth-order valence-electron chi connectivity index (χ4n) is 4.23. The molecule has 1 aliphatic heterocycles. The van der Waals surface area contributed by atoms with E-state index in [0.29, 0.717) is 31.0 Å². The van der Waals surface area contributed by atoms with Gasteiger partial charge in [-0.3, -0.25) is 24.7 Å². The molecule has 0 aliphatic carbocycles. The van der Waals surface area contributed by atoms with E-state index in [2.05, 4.69) is 10.3 Å². The number of hydrogen-bond acceptors (Lipinski definition) is 7. The molecule has 1 aromatic heterocycles. The Balaban J connectivity index is 1.36. The zero-order valence-electron chi connectivity index (χ0n) is 19.0. The van der Waals surface area contributed by atoms with Gasteiger partial charge in [0.2, 0.25) is 0 Å². The zero-order valence-corrected chi connectivity index (χ0v) is 19.0. The van der Waals surface area contributed by atoms with Crippen LogP contribution in [0.3, 0.4) is 0 Å². The van der Waals surface area contributed by atoms with E-state index in [0.717, 1.165) is 28.6 Å². The zero-order chi connectivity index (χ0) is 24.1. The van der Waals surface area contributed by atoms with E-state index < -0.39 is 11.9 Å². The first-order chi connectivity index (χ1) is 16.4. The Morgan fingerprint density at radius 1 is 1.24 bits per heavy atom. The molecule has 4 rings (SSSR count). The first-order valence-corrected chi connectivity index (χ1v) is 11.2. The van der Waals surface area contributed by atoms with E-state index in [1.807, 2.05) is 42.2 Å². The fraction of sp³-hybridized carbons (Fsp3) is 0.320. The standard InChI is InChI=1S/C25H29N5O4/c1-16-12-18(21-4-2-3-5-22(21)28-16)15-34-20-8-6-17(7-9-20)24(31)27-13-23(25(32)29-33)30-11-10-19(26)14-30/h2-9,12,19,23,33H,10-11,13-15,26H2,1H3,(H,27,31)(H,29,32). The third-order valence-electron chi connectivity index (χ3n) is 6.01. The van der Waals surface area contributed by atoms with Crippen LogP contribution in [0.15, 0.2) is 54.6 Å². The van der Waals surface area contributed by atoms with Crippen LogP contribution < -0.4 is 21.3 Å². The van der Waals surface area contributed by atoms with E-state index in [-0.39, 0.29) is 18.5 Å². The molecule has 3 aromatic rings. The number of nitrogens with one attached hydrogen (secondary N) is 2. The van der Waals surface area contributed by atoms with Crippen molar-refractivity contribution in [3.8, 4) is 5.75 Å². The van der Waals surface area contributed by atoms with E-state index >= 15 is 0 Å². The number of rotatable bonds is 8. The SMILES string of the molecule is Cc1cc(COc2ccc(C(=O)NCC(C(=O)NO)N3CCC(N)C3)cc2)c2ccccc2n1. The molecule has 2 unspecified atom stereocenters. The van der Waals surface area contributed by atoms with Gasteiger partial charge in [0.1, 0.15) is 18.4 Å². The highest BCUT2D eigenvalue weighted by Gasteiger charge is 2.31. The third kappa shape index (κ3) is 5.51. The van der Waals surface area contributed by atoms with Crippen LogP contribution >= 0.6 is 0 Å². The topological polar surface area (TPSA) is 130 Å². The lowest BCUT2D eigenvalue weighted by atomic mass is 10.1. The molecule has 1 aliphatic rings. The monoisotopic (exact) mass is 463 g/mol. The molecule has 34 heavy (non-hydrogen) atoms. The number of para-hydroxylation sites is 1. The Labute approximate surface area is 197 Å². The Morgan fingerprint density at radius 3 is 2.71 bits per heavy atom. The summed E-state index contributed by atoms with van der Waals surface area (Å²) in [5, 5.41) is 12.9. The summed E-state index contributed by atoms with van der Waals surface area (Å²) < 4.78 is 5.95. The van der Waals surface area contributed by atoms with Gasteiger partial charge < -0.3 is 15.8 Å². The number of nitrogens with zero attached hydrogens (tertiary/aromatic N) is 2. The van der Waals surface area contributed by atoms with Gasteiger partial charge in [-0.05, 0) is 49.7 Å². The molecule has 0 saturated carbocycles. The second-order valence-electron chi connectivity index (χ2n) is 8.50. The molecule has 2 amide bonds. The van der Waals surface area contributed by atoms with Crippen molar-refractivity contribution in [3.05, 3.63) is 71.4 Å². The number of pyridine rings is 1. The molecule has 2 atom stereocenters. The largest absolute Gasteiger partial charge is 0.489 e. The summed E-state index contributed by atoms with van der Waals surface area (Å²) in [6.45, 7) is 3.56. The summed E-state index contributed by atoms with van der Waals surface area (Å²) in [6, 6.07) is 16.1. The van der Waals surface area contributed by atoms with Gasteiger partial charge in [0.15, 0.2) is 0 Å². The van der Waals surface area contributed by atoms with Crippen molar-refractivity contribution in [3.63, 3.8) is 0 Å². The van der Waals surface area contributed by atoms with Gasteiger partial charge in [0, 0.05) is 47.9 Å². The summed E-state index contributed by atoms with van der Waals surface area (Å²) in [5.74, 6) is -0.253. The van der Waals surface area contributed by atoms with Gasteiger partial charge >= 0.3 is 0 Å². The number of carbonyl (C=O) groups excluding carboxylic acids is 2. The molecule has 9 heteroatoms. The molecule has 2 heterocycles. The summed E-state index contributed by atoms with van der Waals surface area (Å²) in [4.78, 5) is 31.1. The van der Waals surface area contributed by atoms with Crippen LogP contribution in [-0.2, 0) is 11.4 Å². The lowest BCUT2D eigenvalue weighted by molar-refractivity contribution is -0.134. The van der Waals surface area contributed by atoms with Crippen molar-refractivity contribution in [1.82, 2.24) is 20.7 Å². The number of benzene rings is 2. The second kappa shape index (κ2) is 10.6. The minimum absolute atomic E-state index is 0.0220. The minimum atomic E-state index is -0.691. The van der Waals surface area contributed by atoms with E-state index in [9.17, 15) is 9.59 Å². The average molecular weight is 464 g/mol. The van der Waals surface area contributed by atoms with Crippen molar-refractivity contribution < 1.29 is 19.5 Å². The number of likely N-dealkylation sites (tertiary alicyclic amines) is 1. The lowest BCUT2D eigenvalue weighted by Gasteiger charge is -2.25. The second-order valence-corrected chi connectivity index (χ2v) is 8.50. The summed E-state index contributed by atoms with van der Waals surface area (Å²) in [5.41, 5.74) is 10.9. The molecule has 1 fully saturated rings. The maximum atomic E-state index is 12.6. The number of nitrogens with two attached hydrogens (primary N) is 1. The predicted molar refractivity (Wildman–Crippen MR) is 127 cm³/mol. The number of hydrogen-bond donors (Lipinski definition) is 4. The molecular weight excluding hydrogens is 434 g/mol. The van der Waals surface area contributed by atoms with Crippen LogP contribution in [0, 0.1) is 6.92 Å². The molecule has 1 saturated heterocycles. The molecule has 178 valence electrons. The van der Waals surface area contributed by atoms with E-state index in [1.165, 1.54) is 0 Å². The predicted octanol–water partition coefficient (Wildman–Crippen LogP) is 1.76. The Bertz CT molecular complexity index is 1170. The Hall–Kier alpha value is -3.53. The van der Waals surface area contributed by atoms with Crippen LogP contribution in [0.1, 0.15) is 28.0 Å². The van der Waals surface area contributed by atoms with Gasteiger partial charge in [-0.25, -0.2) is 5.48 Å². The highest BCUT2D eigenvalue weighted by molar-refractivity contribution is 5.94. The maximum Gasteiger partial charge on any atom is 0.262 e. The van der Waals surface area contributed by atoms with Crippen molar-refractivity contribution in [2.24, 2.45) is 5.73 Å². The van der Waals surface area contributed by atoms with Gasteiger partial charge in [0.05, 0.1) is 5.52 Å². The van der Waals surface area contributed by atoms with Crippen LogP contribution in [0.5, 0.6) is 5.75 Å². The maximum absolute atomic E-state index is 12.6. The highest BCUT2D eigenvalue weighted by Crippen LogP contribution is 2.21. The summed E-state index contributed by atoms with van der Waals surface area (Å²) in [6.07, 6.45) is 0.763. The van der Waals surface area contributed by atoms with Gasteiger partial charge in [0.25, 0.3) is 11.8 Å². The van der Waals surface area contributed by atoms with Crippen molar-refractivity contribution >= 4 is 22.7 Å². The number of hydroxylamine groups is 1. The molecule has 0 bridgehead atoms. The first-order valence-electron chi connectivity index (χ1n) is 11.2. The van der Waals surface area contributed by atoms with Gasteiger partial charge in [-0.2, -0.15) is 0 Å². The summed E-state index contributed by atoms with van der Waals surface area (Å²) in [7, 11) is 0. The minimum Gasteiger partial charge on any atom is -0.489 e. The molecule has 2 aromatic carbocycles. The van der Waals surface area contributed by atoms with Crippen LogP contribution in [0.4, 0.5) is 0 Å². The smallest absolute Gasteiger partial charge is 0.262 e. The number of aryl methyl sites for hydroxylation is 1. The molecule has 5 N–H and O–H groups in total. The molecule has 9 nitrogen and oxygen atoms in total. The fourth-order valence-corrected chi connectivity index (χ4v) is 4.23. The molecular formula is C25H29N5O4. The summed E-state index contributed by atoms with van der Waals surface area (Å²) >= 11 is 0. The van der Waals surface area contributed by atoms with Crippen molar-refractivity contribution in [1.29, 1.82) is 0 Å². The number of ether oxygens (including phenoxy) is 1. The van der Waals surface area contributed by atoms with Crippen molar-refractivity contribution in [2.45, 2.75) is 32.0 Å². The average Bonchev–Trinajstić information content (AvgIpc) is 3.28. The molecule has 0 radical (unpaired) electrons. The molecule has 0 spiro atoms. The van der Waals surface area contributed by atoms with Crippen LogP contribution in [0.25, 0.3) is 10.9 Å². The quantitative estimate of drug-likeness (QED) is 0.296.